The number of anilines is 1. The van der Waals surface area contributed by atoms with Gasteiger partial charge in [0.2, 0.25) is 0 Å². The van der Waals surface area contributed by atoms with Crippen molar-refractivity contribution in [1.82, 2.24) is 9.97 Å². The van der Waals surface area contributed by atoms with Crippen molar-refractivity contribution in [3.8, 4) is 11.4 Å². The first-order valence-corrected chi connectivity index (χ1v) is 7.23. The number of halogens is 2. The second-order valence-corrected chi connectivity index (χ2v) is 5.25. The highest BCUT2D eigenvalue weighted by molar-refractivity contribution is 14.1. The summed E-state index contributed by atoms with van der Waals surface area (Å²) in [7, 11) is 1.83. The van der Waals surface area contributed by atoms with Gasteiger partial charge in [0, 0.05) is 12.6 Å². The third-order valence-electron chi connectivity index (χ3n) is 2.73. The standard InChI is InChI=1S/C14H15FIN3/c1-3-5-11-12(16)14(17-2)19-13(18-11)9-6-4-7-10(15)8-9/h4,6-8H,3,5H2,1-2H3,(H,17,18,19). The highest BCUT2D eigenvalue weighted by Gasteiger charge is 2.12. The number of rotatable bonds is 4. The monoisotopic (exact) mass is 371 g/mol. The van der Waals surface area contributed by atoms with E-state index in [1.807, 2.05) is 13.1 Å². The van der Waals surface area contributed by atoms with Crippen molar-refractivity contribution < 1.29 is 4.39 Å². The first kappa shape index (κ1) is 14.2. The van der Waals surface area contributed by atoms with Crippen LogP contribution in [-0.2, 0) is 6.42 Å². The lowest BCUT2D eigenvalue weighted by atomic mass is 10.2. The summed E-state index contributed by atoms with van der Waals surface area (Å²) in [5, 5.41) is 3.07. The first-order chi connectivity index (χ1) is 9.15. The molecule has 3 nitrogen and oxygen atoms in total. The van der Waals surface area contributed by atoms with Crippen LogP contribution >= 0.6 is 22.6 Å². The highest BCUT2D eigenvalue weighted by atomic mass is 127. The van der Waals surface area contributed by atoms with Gasteiger partial charge in [0.25, 0.3) is 0 Å². The van der Waals surface area contributed by atoms with Gasteiger partial charge in [-0.3, -0.25) is 0 Å². The fourth-order valence-corrected chi connectivity index (χ4v) is 2.60. The smallest absolute Gasteiger partial charge is 0.161 e. The molecule has 2 rings (SSSR count). The number of nitrogens with one attached hydrogen (secondary N) is 1. The summed E-state index contributed by atoms with van der Waals surface area (Å²) in [5.74, 6) is 1.08. The van der Waals surface area contributed by atoms with Crippen LogP contribution < -0.4 is 5.32 Å². The summed E-state index contributed by atoms with van der Waals surface area (Å²) in [4.78, 5) is 9.01. The Balaban J connectivity index is 2.54. The number of aromatic nitrogens is 2. The summed E-state index contributed by atoms with van der Waals surface area (Å²) in [6.45, 7) is 2.11. The molecule has 1 heterocycles. The molecule has 0 fully saturated rings. The van der Waals surface area contributed by atoms with E-state index in [2.05, 4.69) is 44.8 Å². The SMILES string of the molecule is CCCc1nc(-c2cccc(F)c2)nc(NC)c1I. The molecule has 1 aromatic carbocycles. The molecule has 0 saturated heterocycles. The highest BCUT2D eigenvalue weighted by Crippen LogP contribution is 2.24. The van der Waals surface area contributed by atoms with Crippen molar-refractivity contribution in [2.24, 2.45) is 0 Å². The van der Waals surface area contributed by atoms with Gasteiger partial charge in [-0.2, -0.15) is 0 Å². The fourth-order valence-electron chi connectivity index (χ4n) is 1.82. The molecule has 5 heteroatoms. The predicted octanol–water partition coefficient (Wildman–Crippen LogP) is 3.88. The van der Waals surface area contributed by atoms with Crippen LogP contribution in [0.25, 0.3) is 11.4 Å². The molecule has 1 N–H and O–H groups in total. The maximum atomic E-state index is 13.3. The largest absolute Gasteiger partial charge is 0.372 e. The van der Waals surface area contributed by atoms with E-state index in [9.17, 15) is 4.39 Å². The Kier molecular flexibility index (Phi) is 4.68. The second kappa shape index (κ2) is 6.27. The Morgan fingerprint density at radius 3 is 2.74 bits per heavy atom. The average molecular weight is 371 g/mol. The van der Waals surface area contributed by atoms with Crippen LogP contribution in [0.15, 0.2) is 24.3 Å². The molecule has 0 aliphatic rings. The van der Waals surface area contributed by atoms with Gasteiger partial charge in [-0.05, 0) is 41.1 Å². The number of aryl methyl sites for hydroxylation is 1. The fraction of sp³-hybridized carbons (Fsp3) is 0.286. The van der Waals surface area contributed by atoms with E-state index in [1.54, 1.807) is 6.07 Å². The van der Waals surface area contributed by atoms with Crippen molar-refractivity contribution in [1.29, 1.82) is 0 Å². The van der Waals surface area contributed by atoms with E-state index >= 15 is 0 Å². The molecule has 0 atom stereocenters. The molecule has 0 aliphatic carbocycles. The maximum Gasteiger partial charge on any atom is 0.161 e. The van der Waals surface area contributed by atoms with Crippen LogP contribution in [0.2, 0.25) is 0 Å². The van der Waals surface area contributed by atoms with E-state index in [1.165, 1.54) is 12.1 Å². The molecule has 0 radical (unpaired) electrons. The van der Waals surface area contributed by atoms with Crippen LogP contribution in [0.3, 0.4) is 0 Å². The zero-order valence-corrected chi connectivity index (χ0v) is 13.0. The number of benzene rings is 1. The lowest BCUT2D eigenvalue weighted by Crippen LogP contribution is -2.05. The molecule has 0 saturated carbocycles. The third kappa shape index (κ3) is 3.20. The van der Waals surface area contributed by atoms with E-state index in [-0.39, 0.29) is 5.82 Å². The quantitative estimate of drug-likeness (QED) is 0.829. The molecule has 1 aromatic heterocycles. The average Bonchev–Trinajstić information content (AvgIpc) is 2.41. The Hall–Kier alpha value is -1.24. The molecule has 2 aromatic rings. The molecule has 0 amide bonds. The molecule has 0 spiro atoms. The zero-order valence-electron chi connectivity index (χ0n) is 10.9. The Morgan fingerprint density at radius 2 is 2.11 bits per heavy atom. The van der Waals surface area contributed by atoms with Crippen LogP contribution in [-0.4, -0.2) is 17.0 Å². The predicted molar refractivity (Wildman–Crippen MR) is 83.7 cm³/mol. The molecular formula is C14H15FIN3. The minimum atomic E-state index is -0.275. The van der Waals surface area contributed by atoms with Crippen molar-refractivity contribution in [3.05, 3.63) is 39.3 Å². The topological polar surface area (TPSA) is 37.8 Å². The van der Waals surface area contributed by atoms with Gasteiger partial charge in [-0.25, -0.2) is 14.4 Å². The third-order valence-corrected chi connectivity index (χ3v) is 3.86. The van der Waals surface area contributed by atoms with Crippen LogP contribution in [0.4, 0.5) is 10.2 Å². The van der Waals surface area contributed by atoms with Crippen molar-refractivity contribution in [2.45, 2.75) is 19.8 Å². The van der Waals surface area contributed by atoms with Gasteiger partial charge in [-0.1, -0.05) is 25.5 Å². The summed E-state index contributed by atoms with van der Waals surface area (Å²) in [6, 6.07) is 6.37. The van der Waals surface area contributed by atoms with E-state index < -0.39 is 0 Å². The first-order valence-electron chi connectivity index (χ1n) is 6.15. The van der Waals surface area contributed by atoms with Crippen molar-refractivity contribution >= 4 is 28.4 Å². The van der Waals surface area contributed by atoms with Crippen LogP contribution in [0.1, 0.15) is 19.0 Å². The summed E-state index contributed by atoms with van der Waals surface area (Å²) in [6.07, 6.45) is 1.90. The van der Waals surface area contributed by atoms with Crippen molar-refractivity contribution in [2.75, 3.05) is 12.4 Å². The van der Waals surface area contributed by atoms with Crippen LogP contribution in [0.5, 0.6) is 0 Å². The molecule has 0 unspecified atom stereocenters. The minimum Gasteiger partial charge on any atom is -0.372 e. The van der Waals surface area contributed by atoms with Gasteiger partial charge in [0.05, 0.1) is 9.26 Å². The summed E-state index contributed by atoms with van der Waals surface area (Å²) in [5.41, 5.74) is 1.70. The van der Waals surface area contributed by atoms with Gasteiger partial charge < -0.3 is 5.32 Å². The van der Waals surface area contributed by atoms with E-state index in [4.69, 9.17) is 0 Å². The lowest BCUT2D eigenvalue weighted by Gasteiger charge is -2.10. The van der Waals surface area contributed by atoms with E-state index in [0.717, 1.165) is 27.9 Å². The van der Waals surface area contributed by atoms with Gasteiger partial charge in [0.1, 0.15) is 11.6 Å². The molecule has 0 bridgehead atoms. The molecule has 100 valence electrons. The number of nitrogens with zero attached hydrogens (tertiary/aromatic N) is 2. The van der Waals surface area contributed by atoms with Gasteiger partial charge in [-0.15, -0.1) is 0 Å². The normalized spacial score (nSPS) is 10.5. The maximum absolute atomic E-state index is 13.3. The zero-order chi connectivity index (χ0) is 13.8. The molecule has 19 heavy (non-hydrogen) atoms. The molecular weight excluding hydrogens is 356 g/mol. The lowest BCUT2D eigenvalue weighted by molar-refractivity contribution is 0.628. The second-order valence-electron chi connectivity index (χ2n) is 4.17. The summed E-state index contributed by atoms with van der Waals surface area (Å²) >= 11 is 2.25. The van der Waals surface area contributed by atoms with Crippen molar-refractivity contribution in [3.63, 3.8) is 0 Å². The van der Waals surface area contributed by atoms with E-state index in [0.29, 0.717) is 11.4 Å². The Morgan fingerprint density at radius 1 is 1.32 bits per heavy atom. The Labute approximate surface area is 125 Å². The minimum absolute atomic E-state index is 0.275. The number of hydrogen-bond acceptors (Lipinski definition) is 3. The summed E-state index contributed by atoms with van der Waals surface area (Å²) < 4.78 is 14.3. The van der Waals surface area contributed by atoms with Gasteiger partial charge >= 0.3 is 0 Å². The van der Waals surface area contributed by atoms with Gasteiger partial charge in [0.15, 0.2) is 5.82 Å². The van der Waals surface area contributed by atoms with Crippen LogP contribution in [0, 0.1) is 9.39 Å². The number of hydrogen-bond donors (Lipinski definition) is 1. The molecule has 0 aliphatic heterocycles. The Bertz CT molecular complexity index is 587.